The molecule has 24 heavy (non-hydrogen) atoms. The van der Waals surface area contributed by atoms with E-state index in [-0.39, 0.29) is 16.0 Å². The van der Waals surface area contributed by atoms with Crippen LogP contribution in [-0.4, -0.2) is 16.0 Å². The number of nitrogens with one attached hydrogen (secondary N) is 2. The summed E-state index contributed by atoms with van der Waals surface area (Å²) in [6.45, 7) is 0.831. The third-order valence-corrected chi connectivity index (χ3v) is 4.24. The van der Waals surface area contributed by atoms with Crippen molar-refractivity contribution in [2.24, 2.45) is 11.5 Å². The van der Waals surface area contributed by atoms with Gasteiger partial charge in [0.05, 0.1) is 0 Å². The quantitative estimate of drug-likeness (QED) is 0.527. The van der Waals surface area contributed by atoms with Gasteiger partial charge in [0.1, 0.15) is 0 Å². The fourth-order valence-electron chi connectivity index (χ4n) is 2.97. The van der Waals surface area contributed by atoms with Crippen molar-refractivity contribution in [1.82, 2.24) is 10.6 Å². The third-order valence-electron chi connectivity index (χ3n) is 3.95. The molecule has 0 heterocycles. The number of hydrogen-bond donors (Lipinski definition) is 4. The maximum atomic E-state index is 13.0. The molecular weight excluding hydrogens is 340 g/mol. The number of carbonyl (C=O) groups is 1. The molecule has 2 aromatic rings. The van der Waals surface area contributed by atoms with E-state index in [0.29, 0.717) is 24.2 Å². The Morgan fingerprint density at radius 1 is 0.833 bits per heavy atom. The predicted octanol–water partition coefficient (Wildman–Crippen LogP) is 1.56. The highest BCUT2D eigenvalue weighted by Gasteiger charge is 2.30. The average Bonchev–Trinajstić information content (AvgIpc) is 2.85. The Morgan fingerprint density at radius 3 is 1.62 bits per heavy atom. The van der Waals surface area contributed by atoms with E-state index >= 15 is 0 Å². The minimum Gasteiger partial charge on any atom is -0.376 e. The van der Waals surface area contributed by atoms with Gasteiger partial charge in [0.25, 0.3) is 0 Å². The Labute approximate surface area is 150 Å². The predicted molar refractivity (Wildman–Crippen MR) is 103 cm³/mol. The molecule has 0 radical (unpaired) electrons. The average molecular weight is 356 g/mol. The van der Waals surface area contributed by atoms with Gasteiger partial charge in [-0.25, -0.2) is 0 Å². The van der Waals surface area contributed by atoms with Crippen molar-refractivity contribution in [3.05, 3.63) is 58.7 Å². The molecule has 0 spiro atoms. The Balaban J connectivity index is 2.04. The van der Waals surface area contributed by atoms with Crippen molar-refractivity contribution in [3.8, 4) is 11.1 Å². The van der Waals surface area contributed by atoms with E-state index < -0.39 is 0 Å². The number of benzene rings is 2. The molecule has 5 nitrogen and oxygen atoms in total. The summed E-state index contributed by atoms with van der Waals surface area (Å²) in [6, 6.07) is 11.6. The zero-order chi connectivity index (χ0) is 17.3. The van der Waals surface area contributed by atoms with Crippen molar-refractivity contribution in [2.75, 3.05) is 0 Å². The van der Waals surface area contributed by atoms with Crippen molar-refractivity contribution in [1.29, 1.82) is 0 Å². The Hall–Kier alpha value is -2.51. The summed E-state index contributed by atoms with van der Waals surface area (Å²) in [4.78, 5) is 13.0. The SMILES string of the molecule is NC(=S)NCc1cccc2c1C(=O)c1c(CNC(N)=S)cccc1-2. The van der Waals surface area contributed by atoms with E-state index in [9.17, 15) is 4.79 Å². The molecule has 0 atom stereocenters. The Bertz CT molecular complexity index is 794. The van der Waals surface area contributed by atoms with Crippen molar-refractivity contribution in [3.63, 3.8) is 0 Å². The van der Waals surface area contributed by atoms with Gasteiger partial charge >= 0.3 is 0 Å². The lowest BCUT2D eigenvalue weighted by Gasteiger charge is -2.09. The van der Waals surface area contributed by atoms with Gasteiger partial charge in [-0.15, -0.1) is 0 Å². The van der Waals surface area contributed by atoms with Gasteiger partial charge in [-0.1, -0.05) is 36.4 Å². The van der Waals surface area contributed by atoms with Crippen LogP contribution in [0.25, 0.3) is 11.1 Å². The molecule has 0 unspecified atom stereocenters. The molecule has 3 rings (SSSR count). The highest BCUT2D eigenvalue weighted by Crippen LogP contribution is 2.39. The second kappa shape index (κ2) is 6.54. The van der Waals surface area contributed by atoms with Gasteiger partial charge in [0.2, 0.25) is 0 Å². The summed E-state index contributed by atoms with van der Waals surface area (Å²) < 4.78 is 0. The van der Waals surface area contributed by atoms with Crippen LogP contribution >= 0.6 is 24.4 Å². The zero-order valence-electron chi connectivity index (χ0n) is 12.8. The summed E-state index contributed by atoms with van der Waals surface area (Å²) >= 11 is 9.70. The van der Waals surface area contributed by atoms with Crippen molar-refractivity contribution in [2.45, 2.75) is 13.1 Å². The summed E-state index contributed by atoms with van der Waals surface area (Å²) in [5.74, 6) is 0.000629. The highest BCUT2D eigenvalue weighted by atomic mass is 32.1. The summed E-state index contributed by atoms with van der Waals surface area (Å²) in [5, 5.41) is 6.22. The molecule has 0 saturated heterocycles. The molecule has 0 bridgehead atoms. The summed E-state index contributed by atoms with van der Waals surface area (Å²) in [7, 11) is 0. The lowest BCUT2D eigenvalue weighted by molar-refractivity contribution is 0.104. The Kier molecular flexibility index (Phi) is 4.46. The zero-order valence-corrected chi connectivity index (χ0v) is 14.4. The molecule has 0 aliphatic heterocycles. The fourth-order valence-corrected chi connectivity index (χ4v) is 3.11. The number of nitrogens with two attached hydrogens (primary N) is 2. The van der Waals surface area contributed by atoms with Crippen LogP contribution in [0.2, 0.25) is 0 Å². The van der Waals surface area contributed by atoms with Crippen LogP contribution in [0.15, 0.2) is 36.4 Å². The molecule has 6 N–H and O–H groups in total. The van der Waals surface area contributed by atoms with Crippen LogP contribution in [0.4, 0.5) is 0 Å². The van der Waals surface area contributed by atoms with E-state index in [1.165, 1.54) is 0 Å². The van der Waals surface area contributed by atoms with Crippen LogP contribution in [0.1, 0.15) is 27.0 Å². The maximum absolute atomic E-state index is 13.0. The van der Waals surface area contributed by atoms with E-state index in [1.807, 2.05) is 36.4 Å². The first-order valence-corrected chi connectivity index (χ1v) is 8.16. The van der Waals surface area contributed by atoms with Gasteiger partial charge < -0.3 is 22.1 Å². The van der Waals surface area contributed by atoms with Crippen molar-refractivity contribution < 1.29 is 4.79 Å². The molecule has 2 aromatic carbocycles. The molecule has 0 fully saturated rings. The number of rotatable bonds is 4. The lowest BCUT2D eigenvalue weighted by atomic mass is 10.0. The number of hydrogen-bond acceptors (Lipinski definition) is 3. The largest absolute Gasteiger partial charge is 0.376 e. The minimum atomic E-state index is 0.000629. The number of fused-ring (bicyclic) bond motifs is 3. The first-order chi connectivity index (χ1) is 11.5. The molecular formula is C17H16N4OS2. The molecule has 1 aliphatic rings. The molecule has 7 heteroatoms. The van der Waals surface area contributed by atoms with E-state index in [2.05, 4.69) is 10.6 Å². The molecule has 0 amide bonds. The standard InChI is InChI=1S/C17H16N4OS2/c18-16(23)20-7-9-3-1-5-11-12-6-2-4-10(8-21-17(19)24)14(12)15(22)13(9)11/h1-6H,7-8H2,(H3,18,20,23)(H3,19,21,24). The summed E-state index contributed by atoms with van der Waals surface area (Å²) in [6.07, 6.45) is 0. The molecule has 0 aromatic heterocycles. The third kappa shape index (κ3) is 2.95. The lowest BCUT2D eigenvalue weighted by Crippen LogP contribution is -2.29. The normalized spacial score (nSPS) is 11.6. The van der Waals surface area contributed by atoms with Gasteiger partial charge in [-0.05, 0) is 46.7 Å². The smallest absolute Gasteiger partial charge is 0.194 e. The first-order valence-electron chi connectivity index (χ1n) is 7.34. The minimum absolute atomic E-state index is 0.000629. The van der Waals surface area contributed by atoms with Crippen LogP contribution in [0.3, 0.4) is 0 Å². The van der Waals surface area contributed by atoms with Gasteiger partial charge in [-0.2, -0.15) is 0 Å². The molecule has 0 saturated carbocycles. The Morgan fingerprint density at radius 2 is 1.25 bits per heavy atom. The second-order valence-electron chi connectivity index (χ2n) is 5.44. The van der Waals surface area contributed by atoms with E-state index in [1.54, 1.807) is 0 Å². The van der Waals surface area contributed by atoms with Gasteiger partial charge in [0.15, 0.2) is 16.0 Å². The van der Waals surface area contributed by atoms with Crippen LogP contribution in [-0.2, 0) is 13.1 Å². The topological polar surface area (TPSA) is 93.2 Å². The number of carbonyl (C=O) groups excluding carboxylic acids is 1. The van der Waals surface area contributed by atoms with Crippen molar-refractivity contribution >= 4 is 40.4 Å². The fraction of sp³-hybridized carbons (Fsp3) is 0.118. The number of thiocarbonyl (C=S) groups is 2. The van der Waals surface area contributed by atoms with E-state index in [4.69, 9.17) is 35.9 Å². The van der Waals surface area contributed by atoms with Crippen LogP contribution in [0, 0.1) is 0 Å². The van der Waals surface area contributed by atoms with Gasteiger partial charge in [-0.3, -0.25) is 4.79 Å². The number of ketones is 1. The second-order valence-corrected chi connectivity index (χ2v) is 6.32. The molecule has 122 valence electrons. The van der Waals surface area contributed by atoms with Gasteiger partial charge in [0, 0.05) is 24.2 Å². The first kappa shape index (κ1) is 16.4. The van der Waals surface area contributed by atoms with E-state index in [0.717, 1.165) is 22.3 Å². The summed E-state index contributed by atoms with van der Waals surface area (Å²) in [5.41, 5.74) is 16.0. The molecule has 1 aliphatic carbocycles. The monoisotopic (exact) mass is 356 g/mol. The van der Waals surface area contributed by atoms with Crippen LogP contribution in [0.5, 0.6) is 0 Å². The van der Waals surface area contributed by atoms with Crippen LogP contribution < -0.4 is 22.1 Å². The highest BCUT2D eigenvalue weighted by molar-refractivity contribution is 7.80. The maximum Gasteiger partial charge on any atom is 0.194 e.